The van der Waals surface area contributed by atoms with E-state index < -0.39 is 10.8 Å². The maximum absolute atomic E-state index is 12.0. The smallest absolute Gasteiger partial charge is 0.270 e. The van der Waals surface area contributed by atoms with Crippen LogP contribution in [0.5, 0.6) is 5.75 Å². The van der Waals surface area contributed by atoms with Crippen LogP contribution in [-0.2, 0) is 0 Å². The van der Waals surface area contributed by atoms with E-state index in [0.717, 1.165) is 0 Å². The average molecular weight is 266 g/mol. The fourth-order valence-corrected chi connectivity index (χ4v) is 1.96. The van der Waals surface area contributed by atoms with E-state index in [0.29, 0.717) is 12.8 Å². The fourth-order valence-electron chi connectivity index (χ4n) is 1.96. The van der Waals surface area contributed by atoms with E-state index in [9.17, 15) is 14.9 Å². The van der Waals surface area contributed by atoms with Crippen LogP contribution in [0.2, 0.25) is 0 Å². The molecular weight excluding hydrogens is 252 g/mol. The Hall–Kier alpha value is -2.15. The first-order chi connectivity index (χ1) is 9.01. The molecule has 7 heteroatoms. The van der Waals surface area contributed by atoms with Crippen molar-refractivity contribution >= 4 is 11.6 Å². The van der Waals surface area contributed by atoms with Gasteiger partial charge in [-0.15, -0.1) is 0 Å². The predicted molar refractivity (Wildman–Crippen MR) is 66.1 cm³/mol. The maximum Gasteiger partial charge on any atom is 0.270 e. The van der Waals surface area contributed by atoms with Gasteiger partial charge in [-0.1, -0.05) is 0 Å². The van der Waals surface area contributed by atoms with Crippen LogP contribution in [0.25, 0.3) is 0 Å². The molecule has 102 valence electrons. The summed E-state index contributed by atoms with van der Waals surface area (Å²) in [6.45, 7) is 0. The number of hydrogen-bond acceptors (Lipinski definition) is 5. The van der Waals surface area contributed by atoms with Gasteiger partial charge in [0.25, 0.3) is 11.6 Å². The molecule has 1 aliphatic carbocycles. The molecule has 0 aliphatic heterocycles. The molecule has 1 saturated carbocycles. The van der Waals surface area contributed by atoms with Gasteiger partial charge in [0.1, 0.15) is 5.75 Å². The minimum Gasteiger partial charge on any atom is -0.496 e. The number of nitro benzene ring substituents is 1. The summed E-state index contributed by atoms with van der Waals surface area (Å²) in [4.78, 5) is 22.2. The second kappa shape index (κ2) is 5.23. The van der Waals surface area contributed by atoms with Crippen molar-refractivity contribution in [3.63, 3.8) is 0 Å². The number of amides is 1. The van der Waals surface area contributed by atoms with Gasteiger partial charge in [-0.3, -0.25) is 14.9 Å². The molecule has 7 nitrogen and oxygen atoms in total. The van der Waals surface area contributed by atoms with Crippen molar-refractivity contribution in [3.8, 4) is 5.75 Å². The van der Waals surface area contributed by atoms with Gasteiger partial charge in [0, 0.05) is 18.2 Å². The molecule has 0 aromatic heterocycles. The Kier molecular flexibility index (Phi) is 3.66. The van der Waals surface area contributed by atoms with E-state index >= 15 is 0 Å². The maximum atomic E-state index is 12.0. The molecule has 0 radical (unpaired) electrons. The lowest BCUT2D eigenvalue weighted by Gasteiger charge is -2.32. The first-order valence-electron chi connectivity index (χ1n) is 5.82. The first-order valence-corrected chi connectivity index (χ1v) is 5.82. The zero-order valence-electron chi connectivity index (χ0n) is 10.3. The molecule has 1 aliphatic rings. The number of nitrogens with zero attached hydrogens (tertiary/aromatic N) is 1. The Labute approximate surface area is 109 Å². The fraction of sp³-hybridized carbons (Fsp3) is 0.417. The van der Waals surface area contributed by atoms with Crippen LogP contribution in [0, 0.1) is 10.1 Å². The SMILES string of the molecule is COc1ccc([N+](=O)[O-])cc1C(=O)NC1CC(O)C1. The quantitative estimate of drug-likeness (QED) is 0.621. The van der Waals surface area contributed by atoms with E-state index in [1.807, 2.05) is 0 Å². The number of aliphatic hydroxyl groups excluding tert-OH is 1. The lowest BCUT2D eigenvalue weighted by atomic mass is 9.89. The zero-order valence-corrected chi connectivity index (χ0v) is 10.3. The molecule has 0 atom stereocenters. The van der Waals surface area contributed by atoms with Gasteiger partial charge in [0.2, 0.25) is 0 Å². The highest BCUT2D eigenvalue weighted by Gasteiger charge is 2.29. The van der Waals surface area contributed by atoms with Crippen LogP contribution >= 0.6 is 0 Å². The standard InChI is InChI=1S/C12H14N2O5/c1-19-11-3-2-8(14(17)18)6-10(11)12(16)13-7-4-9(15)5-7/h2-3,6-7,9,15H,4-5H2,1H3,(H,13,16). The molecule has 2 N–H and O–H groups in total. The molecule has 0 unspecified atom stereocenters. The van der Waals surface area contributed by atoms with Crippen molar-refractivity contribution in [1.29, 1.82) is 0 Å². The number of benzene rings is 1. The van der Waals surface area contributed by atoms with Crippen molar-refractivity contribution < 1.29 is 19.6 Å². The Morgan fingerprint density at radius 2 is 2.21 bits per heavy atom. The number of carbonyl (C=O) groups is 1. The van der Waals surface area contributed by atoms with Crippen molar-refractivity contribution in [2.24, 2.45) is 0 Å². The van der Waals surface area contributed by atoms with Gasteiger partial charge in [-0.25, -0.2) is 0 Å². The molecule has 0 spiro atoms. The van der Waals surface area contributed by atoms with Gasteiger partial charge in [0.05, 0.1) is 23.7 Å². The third kappa shape index (κ3) is 2.82. The highest BCUT2D eigenvalue weighted by molar-refractivity contribution is 5.97. The van der Waals surface area contributed by atoms with Gasteiger partial charge >= 0.3 is 0 Å². The van der Waals surface area contributed by atoms with E-state index in [2.05, 4.69) is 5.32 Å². The van der Waals surface area contributed by atoms with Crippen molar-refractivity contribution in [3.05, 3.63) is 33.9 Å². The minimum absolute atomic E-state index is 0.0912. The second-order valence-corrected chi connectivity index (χ2v) is 4.44. The highest BCUT2D eigenvalue weighted by atomic mass is 16.6. The van der Waals surface area contributed by atoms with Crippen LogP contribution in [-0.4, -0.2) is 35.2 Å². The zero-order chi connectivity index (χ0) is 14.0. The molecule has 19 heavy (non-hydrogen) atoms. The Bertz CT molecular complexity index is 511. The van der Waals surface area contributed by atoms with E-state index in [-0.39, 0.29) is 29.1 Å². The number of carbonyl (C=O) groups excluding carboxylic acids is 1. The lowest BCUT2D eigenvalue weighted by Crippen LogP contribution is -2.46. The summed E-state index contributed by atoms with van der Waals surface area (Å²) >= 11 is 0. The van der Waals surface area contributed by atoms with Crippen LogP contribution < -0.4 is 10.1 Å². The third-order valence-electron chi connectivity index (χ3n) is 3.09. The lowest BCUT2D eigenvalue weighted by molar-refractivity contribution is -0.384. The molecule has 0 saturated heterocycles. The van der Waals surface area contributed by atoms with Gasteiger partial charge in [0.15, 0.2) is 0 Å². The molecule has 0 heterocycles. The summed E-state index contributed by atoms with van der Waals surface area (Å²) < 4.78 is 5.02. The Morgan fingerprint density at radius 1 is 1.53 bits per heavy atom. The van der Waals surface area contributed by atoms with Crippen LogP contribution in [0.15, 0.2) is 18.2 Å². The van der Waals surface area contributed by atoms with E-state index in [1.165, 1.54) is 25.3 Å². The summed E-state index contributed by atoms with van der Waals surface area (Å²) in [6, 6.07) is 3.76. The number of aliphatic hydroxyl groups is 1. The largest absolute Gasteiger partial charge is 0.496 e. The van der Waals surface area contributed by atoms with Crippen LogP contribution in [0.3, 0.4) is 0 Å². The topological polar surface area (TPSA) is 102 Å². The highest BCUT2D eigenvalue weighted by Crippen LogP contribution is 2.25. The molecule has 0 bridgehead atoms. The van der Waals surface area contributed by atoms with Gasteiger partial charge in [-0.05, 0) is 18.9 Å². The molecular formula is C12H14N2O5. The number of ether oxygens (including phenoxy) is 1. The molecule has 2 rings (SSSR count). The summed E-state index contributed by atoms with van der Waals surface area (Å²) in [5.74, 6) is -0.152. The Morgan fingerprint density at radius 3 is 2.74 bits per heavy atom. The van der Waals surface area contributed by atoms with Gasteiger partial charge < -0.3 is 15.2 Å². The molecule has 1 aromatic carbocycles. The molecule has 1 aromatic rings. The summed E-state index contributed by atoms with van der Waals surface area (Å²) in [5.41, 5.74) is -0.0438. The average Bonchev–Trinajstić information content (AvgIpc) is 2.35. The van der Waals surface area contributed by atoms with Crippen LogP contribution in [0.1, 0.15) is 23.2 Å². The summed E-state index contributed by atoms with van der Waals surface area (Å²) in [6.07, 6.45) is 0.628. The van der Waals surface area contributed by atoms with Crippen molar-refractivity contribution in [1.82, 2.24) is 5.32 Å². The third-order valence-corrected chi connectivity index (χ3v) is 3.09. The Balaban J connectivity index is 2.18. The summed E-state index contributed by atoms with van der Waals surface area (Å²) in [7, 11) is 1.39. The predicted octanol–water partition coefficient (Wildman–Crippen LogP) is 0.856. The molecule has 1 amide bonds. The number of methoxy groups -OCH3 is 1. The van der Waals surface area contributed by atoms with Crippen LogP contribution in [0.4, 0.5) is 5.69 Å². The number of non-ortho nitro benzene ring substituents is 1. The number of nitrogens with one attached hydrogen (secondary N) is 1. The number of nitro groups is 1. The second-order valence-electron chi connectivity index (χ2n) is 4.44. The van der Waals surface area contributed by atoms with Crippen molar-refractivity contribution in [2.75, 3.05) is 7.11 Å². The van der Waals surface area contributed by atoms with E-state index in [4.69, 9.17) is 9.84 Å². The van der Waals surface area contributed by atoms with E-state index in [1.54, 1.807) is 0 Å². The molecule has 1 fully saturated rings. The van der Waals surface area contributed by atoms with Gasteiger partial charge in [-0.2, -0.15) is 0 Å². The first kappa shape index (κ1) is 13.3. The monoisotopic (exact) mass is 266 g/mol. The minimum atomic E-state index is -0.566. The summed E-state index contributed by atoms with van der Waals surface area (Å²) in [5, 5.41) is 22.6. The normalized spacial score (nSPS) is 21.4. The number of rotatable bonds is 4. The van der Waals surface area contributed by atoms with Crippen molar-refractivity contribution in [2.45, 2.75) is 25.0 Å². The number of hydrogen-bond donors (Lipinski definition) is 2.